The van der Waals surface area contributed by atoms with Crippen molar-refractivity contribution in [1.29, 1.82) is 0 Å². The molecule has 0 fully saturated rings. The van der Waals surface area contributed by atoms with Crippen molar-refractivity contribution >= 4 is 0 Å². The summed E-state index contributed by atoms with van der Waals surface area (Å²) >= 11 is 0. The molecule has 1 aromatic rings. The minimum absolute atomic E-state index is 0.248. The van der Waals surface area contributed by atoms with Gasteiger partial charge in [-0.1, -0.05) is 18.2 Å². The van der Waals surface area contributed by atoms with E-state index in [1.165, 1.54) is 0 Å². The van der Waals surface area contributed by atoms with Crippen molar-refractivity contribution in [3.63, 3.8) is 0 Å². The molecule has 1 heterocycles. The molecule has 0 aromatic carbocycles. The molecule has 2 unspecified atom stereocenters. The Labute approximate surface area is 101 Å². The van der Waals surface area contributed by atoms with Crippen LogP contribution in [0.25, 0.3) is 0 Å². The maximum absolute atomic E-state index is 6.43. The molecule has 2 atom stereocenters. The number of allylic oxidation sites excluding steroid dienone is 2. The van der Waals surface area contributed by atoms with E-state index < -0.39 is 5.54 Å². The molecule has 0 radical (unpaired) electrons. The van der Waals surface area contributed by atoms with Crippen LogP contribution in [0.2, 0.25) is 0 Å². The SMILES string of the molecule is COc1ccc(C2(N)C(C)=CC=CC2N)cn1. The number of nitrogens with two attached hydrogens (primary N) is 2. The van der Waals surface area contributed by atoms with Gasteiger partial charge in [0.05, 0.1) is 12.6 Å². The minimum atomic E-state index is -0.686. The Bertz CT molecular complexity index is 464. The average Bonchev–Trinajstić information content (AvgIpc) is 2.36. The topological polar surface area (TPSA) is 74.2 Å². The van der Waals surface area contributed by atoms with Crippen molar-refractivity contribution in [3.8, 4) is 5.88 Å². The Morgan fingerprint density at radius 3 is 2.71 bits per heavy atom. The molecule has 4 heteroatoms. The Morgan fingerprint density at radius 1 is 1.41 bits per heavy atom. The Balaban J connectivity index is 2.43. The van der Waals surface area contributed by atoms with Gasteiger partial charge in [0.1, 0.15) is 0 Å². The molecule has 0 amide bonds. The number of hydrogen-bond donors (Lipinski definition) is 2. The van der Waals surface area contributed by atoms with Crippen molar-refractivity contribution < 1.29 is 4.74 Å². The molecule has 1 aliphatic rings. The van der Waals surface area contributed by atoms with Crippen LogP contribution in [-0.2, 0) is 5.54 Å². The third-order valence-electron chi connectivity index (χ3n) is 3.27. The first-order valence-corrected chi connectivity index (χ1v) is 5.49. The summed E-state index contributed by atoms with van der Waals surface area (Å²) in [5, 5.41) is 0. The standard InChI is InChI=1S/C13H17N3O/c1-9-4-3-5-11(14)13(9,15)10-6-7-12(17-2)16-8-10/h3-8,11H,14-15H2,1-2H3. The van der Waals surface area contributed by atoms with Gasteiger partial charge >= 0.3 is 0 Å². The van der Waals surface area contributed by atoms with E-state index >= 15 is 0 Å². The van der Waals surface area contributed by atoms with Crippen LogP contribution in [0.3, 0.4) is 0 Å². The highest BCUT2D eigenvalue weighted by molar-refractivity contribution is 5.42. The monoisotopic (exact) mass is 231 g/mol. The Hall–Kier alpha value is -1.65. The van der Waals surface area contributed by atoms with E-state index in [4.69, 9.17) is 16.2 Å². The van der Waals surface area contributed by atoms with Crippen LogP contribution < -0.4 is 16.2 Å². The summed E-state index contributed by atoms with van der Waals surface area (Å²) in [4.78, 5) is 4.18. The van der Waals surface area contributed by atoms with Crippen molar-refractivity contribution in [2.45, 2.75) is 18.5 Å². The number of hydrogen-bond acceptors (Lipinski definition) is 4. The summed E-state index contributed by atoms with van der Waals surface area (Å²) in [6.07, 6.45) is 7.53. The van der Waals surface area contributed by atoms with E-state index in [0.29, 0.717) is 5.88 Å². The van der Waals surface area contributed by atoms with E-state index in [2.05, 4.69) is 4.98 Å². The van der Waals surface area contributed by atoms with Crippen molar-refractivity contribution in [2.24, 2.45) is 11.5 Å². The summed E-state index contributed by atoms with van der Waals surface area (Å²) in [6, 6.07) is 3.45. The minimum Gasteiger partial charge on any atom is -0.481 e. The highest BCUT2D eigenvalue weighted by Gasteiger charge is 2.36. The largest absolute Gasteiger partial charge is 0.481 e. The molecule has 4 N–H and O–H groups in total. The average molecular weight is 231 g/mol. The van der Waals surface area contributed by atoms with Crippen molar-refractivity contribution in [2.75, 3.05) is 7.11 Å². The van der Waals surface area contributed by atoms with E-state index in [1.54, 1.807) is 19.4 Å². The van der Waals surface area contributed by atoms with Gasteiger partial charge in [-0.15, -0.1) is 0 Å². The van der Waals surface area contributed by atoms with Crippen LogP contribution in [0.15, 0.2) is 42.1 Å². The fourth-order valence-corrected chi connectivity index (χ4v) is 2.04. The number of rotatable bonds is 2. The fourth-order valence-electron chi connectivity index (χ4n) is 2.04. The molecule has 0 saturated heterocycles. The smallest absolute Gasteiger partial charge is 0.212 e. The van der Waals surface area contributed by atoms with Gasteiger partial charge in [-0.05, 0) is 24.1 Å². The van der Waals surface area contributed by atoms with Crippen molar-refractivity contribution in [3.05, 3.63) is 47.7 Å². The first-order chi connectivity index (χ1) is 8.09. The second-order valence-corrected chi connectivity index (χ2v) is 4.22. The molecule has 1 aromatic heterocycles. The summed E-state index contributed by atoms with van der Waals surface area (Å²) in [6.45, 7) is 1.98. The van der Waals surface area contributed by atoms with Gasteiger partial charge in [0.2, 0.25) is 5.88 Å². The molecule has 0 bridgehead atoms. The summed E-state index contributed by atoms with van der Waals surface area (Å²) < 4.78 is 5.03. The third-order valence-corrected chi connectivity index (χ3v) is 3.27. The second-order valence-electron chi connectivity index (χ2n) is 4.22. The zero-order valence-electron chi connectivity index (χ0n) is 10.1. The van der Waals surface area contributed by atoms with E-state index in [9.17, 15) is 0 Å². The number of nitrogens with zero attached hydrogens (tertiary/aromatic N) is 1. The van der Waals surface area contributed by atoms with Gasteiger partial charge in [0.25, 0.3) is 0 Å². The number of methoxy groups -OCH3 is 1. The second kappa shape index (κ2) is 4.31. The van der Waals surface area contributed by atoms with Gasteiger partial charge in [-0.2, -0.15) is 0 Å². The number of pyridine rings is 1. The lowest BCUT2D eigenvalue weighted by atomic mass is 9.76. The molecular formula is C13H17N3O. The first-order valence-electron chi connectivity index (χ1n) is 5.49. The summed E-state index contributed by atoms with van der Waals surface area (Å²) in [5.74, 6) is 0.568. The van der Waals surface area contributed by atoms with Gasteiger partial charge in [-0.3, -0.25) is 0 Å². The lowest BCUT2D eigenvalue weighted by Gasteiger charge is -2.37. The van der Waals surface area contributed by atoms with Crippen LogP contribution in [0.5, 0.6) is 5.88 Å². The molecule has 2 rings (SSSR count). The van der Waals surface area contributed by atoms with Crippen LogP contribution in [0, 0.1) is 0 Å². The van der Waals surface area contributed by atoms with Crippen LogP contribution in [0.1, 0.15) is 12.5 Å². The highest BCUT2D eigenvalue weighted by atomic mass is 16.5. The van der Waals surface area contributed by atoms with Gasteiger partial charge < -0.3 is 16.2 Å². The number of aromatic nitrogens is 1. The molecule has 4 nitrogen and oxygen atoms in total. The van der Waals surface area contributed by atoms with E-state index in [1.807, 2.05) is 31.2 Å². The maximum atomic E-state index is 6.43. The molecule has 1 aliphatic carbocycles. The van der Waals surface area contributed by atoms with E-state index in [0.717, 1.165) is 11.1 Å². The summed E-state index contributed by atoms with van der Waals surface area (Å²) in [7, 11) is 1.58. The van der Waals surface area contributed by atoms with Crippen molar-refractivity contribution in [1.82, 2.24) is 4.98 Å². The quantitative estimate of drug-likeness (QED) is 0.799. The molecular weight excluding hydrogens is 214 g/mol. The predicted octanol–water partition coefficient (Wildman–Crippen LogP) is 1.09. The van der Waals surface area contributed by atoms with Gasteiger partial charge in [-0.25, -0.2) is 4.98 Å². The molecule has 0 aliphatic heterocycles. The maximum Gasteiger partial charge on any atom is 0.212 e. The van der Waals surface area contributed by atoms with Crippen LogP contribution in [0.4, 0.5) is 0 Å². The van der Waals surface area contributed by atoms with Gasteiger partial charge in [0, 0.05) is 18.3 Å². The zero-order valence-corrected chi connectivity index (χ0v) is 10.1. The molecule has 0 spiro atoms. The number of ether oxygens (including phenoxy) is 1. The normalized spacial score (nSPS) is 27.8. The first kappa shape index (κ1) is 11.8. The van der Waals surface area contributed by atoms with Crippen LogP contribution >= 0.6 is 0 Å². The fraction of sp³-hybridized carbons (Fsp3) is 0.308. The lowest BCUT2D eigenvalue weighted by molar-refractivity contribution is 0.395. The van der Waals surface area contributed by atoms with Crippen LogP contribution in [-0.4, -0.2) is 18.1 Å². The molecule has 90 valence electrons. The third kappa shape index (κ3) is 1.85. The predicted molar refractivity (Wildman–Crippen MR) is 67.5 cm³/mol. The van der Waals surface area contributed by atoms with Gasteiger partial charge in [0.15, 0.2) is 0 Å². The zero-order chi connectivity index (χ0) is 12.5. The Morgan fingerprint density at radius 2 is 2.18 bits per heavy atom. The molecule has 0 saturated carbocycles. The molecule has 17 heavy (non-hydrogen) atoms. The highest BCUT2D eigenvalue weighted by Crippen LogP contribution is 2.32. The lowest BCUT2D eigenvalue weighted by Crippen LogP contribution is -2.53. The van der Waals surface area contributed by atoms with E-state index in [-0.39, 0.29) is 6.04 Å². The Kier molecular flexibility index (Phi) is 3.00. The summed E-state index contributed by atoms with van der Waals surface area (Å²) in [5.41, 5.74) is 13.8.